The Kier molecular flexibility index (Phi) is 9.89. The Morgan fingerprint density at radius 2 is 1.76 bits per heavy atom. The van der Waals surface area contributed by atoms with E-state index in [9.17, 15) is 32.3 Å². The van der Waals surface area contributed by atoms with Crippen LogP contribution in [0.5, 0.6) is 5.75 Å². The van der Waals surface area contributed by atoms with Gasteiger partial charge in [-0.15, -0.1) is 0 Å². The fraction of sp³-hybridized carbons (Fsp3) is 0.500. The van der Waals surface area contributed by atoms with Crippen molar-refractivity contribution in [1.29, 1.82) is 0 Å². The molecule has 0 spiro atoms. The maximum absolute atomic E-state index is 14.6. The van der Waals surface area contributed by atoms with Crippen LogP contribution in [0.25, 0.3) is 0 Å². The van der Waals surface area contributed by atoms with Gasteiger partial charge in [-0.25, -0.2) is 4.39 Å². The lowest BCUT2D eigenvalue weighted by Crippen LogP contribution is -2.53. The molecule has 2 aromatic rings. The zero-order chi connectivity index (χ0) is 28.0. The Balaban J connectivity index is 2.03. The number of ketones is 1. The van der Waals surface area contributed by atoms with Crippen LogP contribution >= 0.6 is 0 Å². The van der Waals surface area contributed by atoms with Gasteiger partial charge in [0, 0.05) is 30.5 Å². The van der Waals surface area contributed by atoms with Gasteiger partial charge < -0.3 is 20.2 Å². The van der Waals surface area contributed by atoms with Crippen LogP contribution in [-0.2, 0) is 4.79 Å². The molecular weight excluding hydrogens is 502 g/mol. The number of aromatic hydroxyl groups is 1. The summed E-state index contributed by atoms with van der Waals surface area (Å²) in [7, 11) is 3.91. The van der Waals surface area contributed by atoms with Crippen molar-refractivity contribution in [2.75, 3.05) is 46.8 Å². The predicted octanol–water partition coefficient (Wildman–Crippen LogP) is 4.37. The topological polar surface area (TPSA) is 72.9 Å². The number of rotatable bonds is 10. The summed E-state index contributed by atoms with van der Waals surface area (Å²) < 4.78 is 53.6. The Morgan fingerprint density at radius 3 is 2.42 bits per heavy atom. The molecule has 2 N–H and O–H groups in total. The number of phenolic OH excluding ortho intramolecular Hbond substituents is 1. The molecule has 1 aliphatic rings. The average Bonchev–Trinajstić information content (AvgIpc) is 2.85. The van der Waals surface area contributed by atoms with Crippen LogP contribution in [0.1, 0.15) is 40.2 Å². The first kappa shape index (κ1) is 29.6. The lowest BCUT2D eigenvalue weighted by Gasteiger charge is -2.43. The summed E-state index contributed by atoms with van der Waals surface area (Å²) in [6.07, 6.45) is -2.96. The smallest absolute Gasteiger partial charge is 0.405 e. The number of alkyl halides is 3. The van der Waals surface area contributed by atoms with Gasteiger partial charge in [0.2, 0.25) is 5.91 Å². The summed E-state index contributed by atoms with van der Waals surface area (Å²) in [5, 5.41) is 12.0. The van der Waals surface area contributed by atoms with Crippen molar-refractivity contribution in [3.63, 3.8) is 0 Å². The van der Waals surface area contributed by atoms with Gasteiger partial charge in [0.05, 0.1) is 5.92 Å². The Bertz CT molecular complexity index is 1120. The summed E-state index contributed by atoms with van der Waals surface area (Å²) in [5.41, 5.74) is 0.889. The predicted molar refractivity (Wildman–Crippen MR) is 137 cm³/mol. The van der Waals surface area contributed by atoms with Crippen molar-refractivity contribution in [2.24, 2.45) is 11.8 Å². The van der Waals surface area contributed by atoms with Gasteiger partial charge in [0.1, 0.15) is 18.1 Å². The summed E-state index contributed by atoms with van der Waals surface area (Å²) >= 11 is 0. The van der Waals surface area contributed by atoms with E-state index in [1.165, 1.54) is 30.3 Å². The number of amides is 1. The molecule has 1 aliphatic heterocycles. The molecule has 1 fully saturated rings. The van der Waals surface area contributed by atoms with Crippen LogP contribution < -0.4 is 5.32 Å². The number of benzene rings is 2. The standard InChI is InChI=1S/C28H35F4N3O3/c1-18-21(10-7-11-24(18)29)25-22(26(37)19-8-6-9-20(36)14-19)15-35(13-5-4-12-34(2)3)16-23(25)27(38)33-17-28(30,31)32/h6-11,14,22-23,25,36H,4-5,12-13,15-17H2,1-3H3,(H,33,38)/t22-,23+,25+/m0/s1. The lowest BCUT2D eigenvalue weighted by atomic mass is 9.69. The van der Waals surface area contributed by atoms with E-state index in [0.29, 0.717) is 12.1 Å². The quantitative estimate of drug-likeness (QED) is 0.268. The summed E-state index contributed by atoms with van der Waals surface area (Å²) in [4.78, 5) is 31.1. The number of hydrogen-bond donors (Lipinski definition) is 2. The molecule has 1 heterocycles. The van der Waals surface area contributed by atoms with E-state index in [1.54, 1.807) is 19.1 Å². The number of unbranched alkanes of at least 4 members (excludes halogenated alkanes) is 1. The molecule has 1 amide bonds. The monoisotopic (exact) mass is 537 g/mol. The number of halogens is 4. The number of carbonyl (C=O) groups is 2. The van der Waals surface area contributed by atoms with Crippen LogP contribution in [0.3, 0.4) is 0 Å². The second-order valence-electron chi connectivity index (χ2n) is 10.2. The third-order valence-electron chi connectivity index (χ3n) is 7.04. The number of piperidine rings is 1. The van der Waals surface area contributed by atoms with Gasteiger partial charge in [-0.1, -0.05) is 24.3 Å². The molecule has 0 unspecified atom stereocenters. The summed E-state index contributed by atoms with van der Waals surface area (Å²) in [6, 6.07) is 10.2. The summed E-state index contributed by atoms with van der Waals surface area (Å²) in [5.74, 6) is -4.54. The minimum Gasteiger partial charge on any atom is -0.508 e. The molecule has 10 heteroatoms. The number of carbonyl (C=O) groups excluding carboxylic acids is 2. The van der Waals surface area contributed by atoms with Crippen molar-refractivity contribution < 1.29 is 32.3 Å². The minimum atomic E-state index is -4.60. The number of nitrogens with one attached hydrogen (secondary N) is 1. The van der Waals surface area contributed by atoms with E-state index < -0.39 is 42.2 Å². The van der Waals surface area contributed by atoms with Crippen LogP contribution in [0.2, 0.25) is 0 Å². The first-order valence-corrected chi connectivity index (χ1v) is 12.7. The van der Waals surface area contributed by atoms with Crippen molar-refractivity contribution in [3.05, 3.63) is 65.0 Å². The molecule has 0 bridgehead atoms. The molecule has 3 rings (SSSR count). The van der Waals surface area contributed by atoms with Crippen LogP contribution in [0, 0.1) is 24.6 Å². The molecule has 208 valence electrons. The van der Waals surface area contributed by atoms with Gasteiger partial charge in [-0.3, -0.25) is 9.59 Å². The number of likely N-dealkylation sites (tertiary alicyclic amines) is 1. The molecule has 38 heavy (non-hydrogen) atoms. The molecule has 0 saturated carbocycles. The fourth-order valence-corrected chi connectivity index (χ4v) is 5.19. The Morgan fingerprint density at radius 1 is 1.08 bits per heavy atom. The van der Waals surface area contributed by atoms with Gasteiger partial charge in [0.15, 0.2) is 5.78 Å². The lowest BCUT2D eigenvalue weighted by molar-refractivity contribution is -0.142. The van der Waals surface area contributed by atoms with Gasteiger partial charge in [-0.05, 0) is 76.3 Å². The number of Topliss-reactive ketones (excluding diaryl/α,β-unsaturated/α-hetero) is 1. The van der Waals surface area contributed by atoms with Gasteiger partial charge >= 0.3 is 6.18 Å². The molecule has 3 atom stereocenters. The molecular formula is C28H35F4N3O3. The molecule has 6 nitrogen and oxygen atoms in total. The van der Waals surface area contributed by atoms with E-state index in [0.717, 1.165) is 19.4 Å². The minimum absolute atomic E-state index is 0.106. The molecule has 0 aromatic heterocycles. The van der Waals surface area contributed by atoms with Crippen molar-refractivity contribution in [2.45, 2.75) is 31.9 Å². The highest BCUT2D eigenvalue weighted by Crippen LogP contribution is 2.41. The van der Waals surface area contributed by atoms with Crippen molar-refractivity contribution >= 4 is 11.7 Å². The van der Waals surface area contributed by atoms with E-state index in [4.69, 9.17) is 0 Å². The number of nitrogens with zero attached hydrogens (tertiary/aromatic N) is 2. The Labute approximate surface area is 220 Å². The molecule has 0 radical (unpaired) electrons. The number of hydrogen-bond acceptors (Lipinski definition) is 5. The van der Waals surface area contributed by atoms with Crippen LogP contribution in [0.15, 0.2) is 42.5 Å². The second-order valence-corrected chi connectivity index (χ2v) is 10.2. The molecule has 0 aliphatic carbocycles. The van der Waals surface area contributed by atoms with Crippen molar-refractivity contribution in [1.82, 2.24) is 15.1 Å². The third kappa shape index (κ3) is 7.77. The van der Waals surface area contributed by atoms with E-state index in [-0.39, 0.29) is 35.7 Å². The van der Waals surface area contributed by atoms with Crippen LogP contribution in [-0.4, -0.2) is 79.6 Å². The SMILES string of the molecule is Cc1c(F)cccc1[C@@H]1[C@@H](C(=O)c2cccc(O)c2)CN(CCCCN(C)C)C[C@H]1C(=O)NCC(F)(F)F. The first-order valence-electron chi connectivity index (χ1n) is 12.7. The van der Waals surface area contributed by atoms with E-state index >= 15 is 0 Å². The average molecular weight is 538 g/mol. The highest BCUT2D eigenvalue weighted by Gasteiger charge is 2.45. The zero-order valence-electron chi connectivity index (χ0n) is 21.9. The summed E-state index contributed by atoms with van der Waals surface area (Å²) in [6.45, 7) is 1.83. The highest BCUT2D eigenvalue weighted by atomic mass is 19.4. The second kappa shape index (κ2) is 12.7. The van der Waals surface area contributed by atoms with Gasteiger partial charge in [-0.2, -0.15) is 13.2 Å². The Hall–Kier alpha value is -2.98. The zero-order valence-corrected chi connectivity index (χ0v) is 21.9. The van der Waals surface area contributed by atoms with E-state index in [2.05, 4.69) is 0 Å². The maximum atomic E-state index is 14.6. The first-order chi connectivity index (χ1) is 17.9. The molecule has 1 saturated heterocycles. The third-order valence-corrected chi connectivity index (χ3v) is 7.04. The normalized spacial score (nSPS) is 20.5. The maximum Gasteiger partial charge on any atom is 0.405 e. The number of phenols is 1. The molecule has 2 aromatic carbocycles. The van der Waals surface area contributed by atoms with Crippen LogP contribution in [0.4, 0.5) is 17.6 Å². The largest absolute Gasteiger partial charge is 0.508 e. The van der Waals surface area contributed by atoms with Gasteiger partial charge in [0.25, 0.3) is 0 Å². The highest BCUT2D eigenvalue weighted by molar-refractivity contribution is 5.99. The van der Waals surface area contributed by atoms with E-state index in [1.807, 2.05) is 29.2 Å². The van der Waals surface area contributed by atoms with Crippen molar-refractivity contribution in [3.8, 4) is 5.75 Å². The fourth-order valence-electron chi connectivity index (χ4n) is 5.19.